The van der Waals surface area contributed by atoms with Crippen molar-refractivity contribution in [2.75, 3.05) is 6.61 Å². The van der Waals surface area contributed by atoms with E-state index in [1.807, 2.05) is 0 Å². The summed E-state index contributed by atoms with van der Waals surface area (Å²) in [4.78, 5) is 9.52. The van der Waals surface area contributed by atoms with Crippen LogP contribution in [0, 0.1) is 0 Å². The number of rotatable bonds is 2. The van der Waals surface area contributed by atoms with Gasteiger partial charge < -0.3 is 15.3 Å². The summed E-state index contributed by atoms with van der Waals surface area (Å²) in [5.74, 6) is -1.40. The van der Waals surface area contributed by atoms with Crippen LogP contribution in [-0.4, -0.2) is 34.0 Å². The normalized spacial score (nSPS) is 11.8. The standard InChI is InChI=1S/C3H6O4.Cr/c4-1-2(5)3(6)7;/h2,4-5H,1H2,(H,6,7);. The van der Waals surface area contributed by atoms with Crippen LogP contribution < -0.4 is 0 Å². The number of aliphatic hydroxyl groups excluding tert-OH is 2. The summed E-state index contributed by atoms with van der Waals surface area (Å²) in [5.41, 5.74) is 0. The number of carbonyl (C=O) groups is 1. The SMILES string of the molecule is O=C(O)C(O)CO.[Cr]. The maximum atomic E-state index is 9.52. The second kappa shape index (κ2) is 5.07. The molecule has 1 atom stereocenters. The van der Waals surface area contributed by atoms with E-state index in [-0.39, 0.29) is 17.4 Å². The predicted molar refractivity (Wildman–Crippen MR) is 20.7 cm³/mol. The number of hydrogen-bond acceptors (Lipinski definition) is 3. The minimum Gasteiger partial charge on any atom is -0.479 e. The Bertz CT molecular complexity index is 73.7. The molecule has 0 aromatic heterocycles. The Hall–Kier alpha value is -0.0775. The first kappa shape index (κ1) is 10.8. The molecule has 0 spiro atoms. The van der Waals surface area contributed by atoms with Crippen LogP contribution in [0.2, 0.25) is 0 Å². The van der Waals surface area contributed by atoms with Gasteiger partial charge in [0.25, 0.3) is 0 Å². The second-order valence-corrected chi connectivity index (χ2v) is 1.04. The molecule has 5 heteroatoms. The van der Waals surface area contributed by atoms with Crippen LogP contribution in [0.15, 0.2) is 0 Å². The average molecular weight is 158 g/mol. The predicted octanol–water partition coefficient (Wildman–Crippen LogP) is -1.58. The van der Waals surface area contributed by atoms with Gasteiger partial charge in [-0.2, -0.15) is 0 Å². The zero-order valence-electron chi connectivity index (χ0n) is 3.94. The molecule has 0 aliphatic rings. The van der Waals surface area contributed by atoms with E-state index in [0.29, 0.717) is 0 Å². The van der Waals surface area contributed by atoms with E-state index in [0.717, 1.165) is 0 Å². The van der Waals surface area contributed by atoms with Gasteiger partial charge in [-0.15, -0.1) is 0 Å². The fraction of sp³-hybridized carbons (Fsp3) is 0.667. The van der Waals surface area contributed by atoms with Crippen molar-refractivity contribution >= 4 is 5.97 Å². The molecule has 3 N–H and O–H groups in total. The maximum absolute atomic E-state index is 9.52. The Balaban J connectivity index is 0. The molecule has 48 valence electrons. The zero-order valence-corrected chi connectivity index (χ0v) is 5.22. The van der Waals surface area contributed by atoms with E-state index in [2.05, 4.69) is 0 Å². The molecule has 0 bridgehead atoms. The molecule has 0 amide bonds. The topological polar surface area (TPSA) is 77.8 Å². The van der Waals surface area contributed by atoms with Crippen LogP contribution in [0.4, 0.5) is 0 Å². The van der Waals surface area contributed by atoms with E-state index < -0.39 is 18.7 Å². The van der Waals surface area contributed by atoms with Gasteiger partial charge in [0, 0.05) is 17.4 Å². The van der Waals surface area contributed by atoms with E-state index in [4.69, 9.17) is 15.3 Å². The molecule has 8 heavy (non-hydrogen) atoms. The minimum atomic E-state index is -1.63. The fourth-order valence-electron chi connectivity index (χ4n) is 0.0781. The van der Waals surface area contributed by atoms with Crippen LogP contribution >= 0.6 is 0 Å². The van der Waals surface area contributed by atoms with Crippen LogP contribution in [0.1, 0.15) is 0 Å². The Morgan fingerprint density at radius 2 is 2.00 bits per heavy atom. The molecule has 0 aliphatic carbocycles. The summed E-state index contributed by atoms with van der Waals surface area (Å²) >= 11 is 0. The van der Waals surface area contributed by atoms with Crippen molar-refractivity contribution in [1.82, 2.24) is 0 Å². The van der Waals surface area contributed by atoms with Gasteiger partial charge in [-0.3, -0.25) is 0 Å². The van der Waals surface area contributed by atoms with Gasteiger partial charge >= 0.3 is 5.97 Å². The summed E-state index contributed by atoms with van der Waals surface area (Å²) in [5, 5.41) is 23.7. The van der Waals surface area contributed by atoms with Crippen molar-refractivity contribution in [3.05, 3.63) is 0 Å². The minimum absolute atomic E-state index is 0. The molecule has 0 aliphatic heterocycles. The Morgan fingerprint density at radius 3 is 2.00 bits per heavy atom. The molecule has 0 saturated heterocycles. The summed E-state index contributed by atoms with van der Waals surface area (Å²) < 4.78 is 0. The van der Waals surface area contributed by atoms with Gasteiger partial charge in [-0.25, -0.2) is 4.79 Å². The van der Waals surface area contributed by atoms with Gasteiger partial charge in [0.05, 0.1) is 6.61 Å². The van der Waals surface area contributed by atoms with Crippen molar-refractivity contribution in [3.8, 4) is 0 Å². The molecule has 1 unspecified atom stereocenters. The van der Waals surface area contributed by atoms with E-state index >= 15 is 0 Å². The summed E-state index contributed by atoms with van der Waals surface area (Å²) in [6.07, 6.45) is -1.63. The molecular formula is C3H6CrO4. The third-order valence-electron chi connectivity index (χ3n) is 0.458. The monoisotopic (exact) mass is 158 g/mol. The number of aliphatic hydroxyl groups is 2. The first-order valence-corrected chi connectivity index (χ1v) is 1.70. The zero-order chi connectivity index (χ0) is 5.86. The summed E-state index contributed by atoms with van der Waals surface area (Å²) in [6, 6.07) is 0. The largest absolute Gasteiger partial charge is 0.479 e. The maximum Gasteiger partial charge on any atom is 0.334 e. The number of hydrogen-bond donors (Lipinski definition) is 3. The van der Waals surface area contributed by atoms with Gasteiger partial charge in [0.2, 0.25) is 0 Å². The van der Waals surface area contributed by atoms with Gasteiger partial charge in [-0.05, 0) is 0 Å². The Labute approximate surface area is 56.9 Å². The van der Waals surface area contributed by atoms with Crippen LogP contribution in [0.25, 0.3) is 0 Å². The molecule has 0 rings (SSSR count). The average Bonchev–Trinajstić information content (AvgIpc) is 1.65. The Morgan fingerprint density at radius 1 is 1.62 bits per heavy atom. The molecule has 0 saturated carbocycles. The van der Waals surface area contributed by atoms with Gasteiger partial charge in [0.1, 0.15) is 0 Å². The second-order valence-electron chi connectivity index (χ2n) is 1.04. The van der Waals surface area contributed by atoms with Crippen molar-refractivity contribution in [1.29, 1.82) is 0 Å². The van der Waals surface area contributed by atoms with E-state index in [9.17, 15) is 4.79 Å². The Kier molecular flexibility index (Phi) is 6.86. The quantitative estimate of drug-likeness (QED) is 0.453. The molecular weight excluding hydrogens is 152 g/mol. The molecule has 0 aromatic rings. The number of carboxylic acid groups (broad SMARTS) is 1. The van der Waals surface area contributed by atoms with Crippen LogP contribution in [-0.2, 0) is 22.2 Å². The number of aliphatic carboxylic acids is 1. The number of carboxylic acids is 1. The first-order chi connectivity index (χ1) is 3.18. The van der Waals surface area contributed by atoms with Crippen molar-refractivity contribution in [2.24, 2.45) is 0 Å². The van der Waals surface area contributed by atoms with Gasteiger partial charge in [-0.1, -0.05) is 0 Å². The van der Waals surface area contributed by atoms with Gasteiger partial charge in [0.15, 0.2) is 6.10 Å². The van der Waals surface area contributed by atoms with Crippen molar-refractivity contribution in [2.45, 2.75) is 6.10 Å². The van der Waals surface area contributed by atoms with Crippen molar-refractivity contribution < 1.29 is 37.5 Å². The summed E-state index contributed by atoms with van der Waals surface area (Å²) in [7, 11) is 0. The molecule has 4 nitrogen and oxygen atoms in total. The third-order valence-corrected chi connectivity index (χ3v) is 0.458. The van der Waals surface area contributed by atoms with Crippen LogP contribution in [0.3, 0.4) is 0 Å². The molecule has 0 heterocycles. The molecule has 0 fully saturated rings. The molecule has 0 radical (unpaired) electrons. The van der Waals surface area contributed by atoms with Crippen LogP contribution in [0.5, 0.6) is 0 Å². The van der Waals surface area contributed by atoms with E-state index in [1.54, 1.807) is 0 Å². The fourth-order valence-corrected chi connectivity index (χ4v) is 0.0781. The van der Waals surface area contributed by atoms with Crippen molar-refractivity contribution in [3.63, 3.8) is 0 Å². The molecule has 0 aromatic carbocycles. The first-order valence-electron chi connectivity index (χ1n) is 1.70. The van der Waals surface area contributed by atoms with E-state index in [1.165, 1.54) is 0 Å². The summed E-state index contributed by atoms with van der Waals surface area (Å²) in [6.45, 7) is -0.727. The third kappa shape index (κ3) is 4.09. The smallest absolute Gasteiger partial charge is 0.334 e.